The highest BCUT2D eigenvalue weighted by atomic mass is 16.5. The molecule has 1 aliphatic rings. The molecule has 1 aliphatic carbocycles. The Labute approximate surface area is 123 Å². The lowest BCUT2D eigenvalue weighted by atomic mass is 9.85. The standard InChI is InChI=1S/C14H21N5O2/c1-19-12(15)10(8-16-19)14-17-13(18-21-14)11(20-2)9-6-4-3-5-7-9/h8-9,11H,3-7,15H2,1-2H3. The number of aryl methyl sites for hydroxylation is 1. The zero-order valence-corrected chi connectivity index (χ0v) is 12.5. The van der Waals surface area contributed by atoms with Crippen LogP contribution in [0.25, 0.3) is 11.5 Å². The monoisotopic (exact) mass is 291 g/mol. The quantitative estimate of drug-likeness (QED) is 0.929. The highest BCUT2D eigenvalue weighted by Gasteiger charge is 2.29. The van der Waals surface area contributed by atoms with Crippen molar-refractivity contribution in [2.45, 2.75) is 38.2 Å². The third-order valence-electron chi connectivity index (χ3n) is 4.24. The summed E-state index contributed by atoms with van der Waals surface area (Å²) in [7, 11) is 3.48. The molecule has 3 rings (SSSR count). The van der Waals surface area contributed by atoms with Gasteiger partial charge in [-0.25, -0.2) is 0 Å². The van der Waals surface area contributed by atoms with E-state index in [0.717, 1.165) is 12.8 Å². The molecule has 21 heavy (non-hydrogen) atoms. The molecule has 0 radical (unpaired) electrons. The molecule has 7 heteroatoms. The molecule has 0 amide bonds. The molecule has 0 aliphatic heterocycles. The van der Waals surface area contributed by atoms with E-state index in [-0.39, 0.29) is 6.10 Å². The molecule has 2 aromatic heterocycles. The Morgan fingerprint density at radius 1 is 1.38 bits per heavy atom. The minimum atomic E-state index is -0.110. The van der Waals surface area contributed by atoms with Crippen molar-refractivity contribution in [2.24, 2.45) is 13.0 Å². The number of anilines is 1. The van der Waals surface area contributed by atoms with Gasteiger partial charge in [0.15, 0.2) is 0 Å². The van der Waals surface area contributed by atoms with Crippen LogP contribution in [0.4, 0.5) is 5.82 Å². The van der Waals surface area contributed by atoms with Gasteiger partial charge in [-0.3, -0.25) is 4.68 Å². The van der Waals surface area contributed by atoms with E-state index in [4.69, 9.17) is 15.0 Å². The zero-order valence-electron chi connectivity index (χ0n) is 12.5. The van der Waals surface area contributed by atoms with Crippen molar-refractivity contribution >= 4 is 5.82 Å². The summed E-state index contributed by atoms with van der Waals surface area (Å²) < 4.78 is 12.5. The molecule has 2 aromatic rings. The van der Waals surface area contributed by atoms with E-state index in [1.54, 1.807) is 25.0 Å². The average Bonchev–Trinajstić information content (AvgIpc) is 3.10. The van der Waals surface area contributed by atoms with E-state index in [0.29, 0.717) is 29.0 Å². The number of methoxy groups -OCH3 is 1. The molecule has 1 unspecified atom stereocenters. The van der Waals surface area contributed by atoms with Crippen molar-refractivity contribution < 1.29 is 9.26 Å². The Bertz CT molecular complexity index is 600. The van der Waals surface area contributed by atoms with Gasteiger partial charge in [0.05, 0.1) is 6.20 Å². The fraction of sp³-hybridized carbons (Fsp3) is 0.643. The lowest BCUT2D eigenvalue weighted by molar-refractivity contribution is 0.0274. The number of ether oxygens (including phenoxy) is 1. The summed E-state index contributed by atoms with van der Waals surface area (Å²) in [5, 5.41) is 8.17. The van der Waals surface area contributed by atoms with Crippen LogP contribution in [0, 0.1) is 5.92 Å². The lowest BCUT2D eigenvalue weighted by Crippen LogP contribution is -2.19. The lowest BCUT2D eigenvalue weighted by Gasteiger charge is -2.26. The van der Waals surface area contributed by atoms with Crippen LogP contribution in [-0.2, 0) is 11.8 Å². The molecule has 0 saturated heterocycles. The SMILES string of the molecule is COC(c1noc(-c2cnn(C)c2N)n1)C1CCCCC1. The van der Waals surface area contributed by atoms with Crippen LogP contribution in [-0.4, -0.2) is 27.0 Å². The fourth-order valence-electron chi connectivity index (χ4n) is 3.02. The van der Waals surface area contributed by atoms with Crippen LogP contribution in [0.15, 0.2) is 10.7 Å². The number of nitrogen functional groups attached to an aromatic ring is 1. The largest absolute Gasteiger partial charge is 0.383 e. The smallest absolute Gasteiger partial charge is 0.263 e. The van der Waals surface area contributed by atoms with Gasteiger partial charge in [-0.15, -0.1) is 0 Å². The number of hydrogen-bond acceptors (Lipinski definition) is 6. The van der Waals surface area contributed by atoms with E-state index in [1.807, 2.05) is 0 Å². The van der Waals surface area contributed by atoms with E-state index < -0.39 is 0 Å². The molecular weight excluding hydrogens is 270 g/mol. The maximum absolute atomic E-state index is 5.94. The number of aromatic nitrogens is 4. The molecule has 0 bridgehead atoms. The highest BCUT2D eigenvalue weighted by Crippen LogP contribution is 2.36. The zero-order chi connectivity index (χ0) is 14.8. The Kier molecular flexibility index (Phi) is 3.92. The Morgan fingerprint density at radius 2 is 2.14 bits per heavy atom. The molecule has 114 valence electrons. The van der Waals surface area contributed by atoms with Gasteiger partial charge in [-0.05, 0) is 18.8 Å². The minimum Gasteiger partial charge on any atom is -0.383 e. The van der Waals surface area contributed by atoms with Crippen molar-refractivity contribution in [3.8, 4) is 11.5 Å². The summed E-state index contributed by atoms with van der Waals surface area (Å²) in [6.07, 6.45) is 7.61. The molecule has 1 saturated carbocycles. The molecule has 7 nitrogen and oxygen atoms in total. The second kappa shape index (κ2) is 5.85. The molecule has 2 N–H and O–H groups in total. The van der Waals surface area contributed by atoms with E-state index in [2.05, 4.69) is 15.2 Å². The molecule has 1 atom stereocenters. The van der Waals surface area contributed by atoms with E-state index in [1.165, 1.54) is 19.3 Å². The van der Waals surface area contributed by atoms with Gasteiger partial charge >= 0.3 is 0 Å². The summed E-state index contributed by atoms with van der Waals surface area (Å²) in [6.45, 7) is 0. The first kappa shape index (κ1) is 14.1. The Balaban J connectivity index is 1.84. The maximum atomic E-state index is 5.94. The molecule has 0 spiro atoms. The summed E-state index contributed by atoms with van der Waals surface area (Å²) in [5.74, 6) is 1.97. The number of nitrogens with two attached hydrogens (primary N) is 1. The van der Waals surface area contributed by atoms with Crippen LogP contribution < -0.4 is 5.73 Å². The van der Waals surface area contributed by atoms with Crippen molar-refractivity contribution in [3.63, 3.8) is 0 Å². The van der Waals surface area contributed by atoms with Crippen molar-refractivity contribution in [3.05, 3.63) is 12.0 Å². The van der Waals surface area contributed by atoms with Gasteiger partial charge < -0.3 is 15.0 Å². The Morgan fingerprint density at radius 3 is 2.76 bits per heavy atom. The predicted molar refractivity (Wildman–Crippen MR) is 77.2 cm³/mol. The van der Waals surface area contributed by atoms with Gasteiger partial charge in [-0.1, -0.05) is 24.4 Å². The Hall–Kier alpha value is -1.89. The first-order chi connectivity index (χ1) is 10.2. The molecule has 2 heterocycles. The first-order valence-corrected chi connectivity index (χ1v) is 7.35. The minimum absolute atomic E-state index is 0.110. The third kappa shape index (κ3) is 2.65. The van der Waals surface area contributed by atoms with Crippen molar-refractivity contribution in [2.75, 3.05) is 12.8 Å². The predicted octanol–water partition coefficient (Wildman–Crippen LogP) is 2.32. The second-order valence-electron chi connectivity index (χ2n) is 5.58. The van der Waals surface area contributed by atoms with Crippen LogP contribution in [0.2, 0.25) is 0 Å². The molecule has 1 fully saturated rings. The normalized spacial score (nSPS) is 18.0. The molecular formula is C14H21N5O2. The second-order valence-corrected chi connectivity index (χ2v) is 5.58. The fourth-order valence-corrected chi connectivity index (χ4v) is 3.02. The van der Waals surface area contributed by atoms with E-state index in [9.17, 15) is 0 Å². The van der Waals surface area contributed by atoms with Gasteiger partial charge in [-0.2, -0.15) is 10.1 Å². The van der Waals surface area contributed by atoms with Crippen LogP contribution in [0.1, 0.15) is 44.0 Å². The summed E-state index contributed by atoms with van der Waals surface area (Å²) in [5.41, 5.74) is 6.60. The first-order valence-electron chi connectivity index (χ1n) is 7.35. The van der Waals surface area contributed by atoms with E-state index >= 15 is 0 Å². The summed E-state index contributed by atoms with van der Waals surface area (Å²) >= 11 is 0. The highest BCUT2D eigenvalue weighted by molar-refractivity contribution is 5.66. The number of rotatable bonds is 4. The maximum Gasteiger partial charge on any atom is 0.263 e. The van der Waals surface area contributed by atoms with Crippen molar-refractivity contribution in [1.29, 1.82) is 0 Å². The number of nitrogens with zero attached hydrogens (tertiary/aromatic N) is 4. The average molecular weight is 291 g/mol. The van der Waals surface area contributed by atoms with Crippen molar-refractivity contribution in [1.82, 2.24) is 19.9 Å². The van der Waals surface area contributed by atoms with Gasteiger partial charge in [0.1, 0.15) is 17.5 Å². The summed E-state index contributed by atoms with van der Waals surface area (Å²) in [4.78, 5) is 4.46. The van der Waals surface area contributed by atoms with Gasteiger partial charge in [0.2, 0.25) is 5.82 Å². The summed E-state index contributed by atoms with van der Waals surface area (Å²) in [6, 6.07) is 0. The molecule has 0 aromatic carbocycles. The van der Waals surface area contributed by atoms with Gasteiger partial charge in [0.25, 0.3) is 5.89 Å². The number of hydrogen-bond donors (Lipinski definition) is 1. The topological polar surface area (TPSA) is 92.0 Å². The van der Waals surface area contributed by atoms with Crippen LogP contribution in [0.3, 0.4) is 0 Å². The third-order valence-corrected chi connectivity index (χ3v) is 4.24. The van der Waals surface area contributed by atoms with Gasteiger partial charge in [0, 0.05) is 14.2 Å². The van der Waals surface area contributed by atoms with Crippen LogP contribution in [0.5, 0.6) is 0 Å². The van der Waals surface area contributed by atoms with Crippen LogP contribution >= 0.6 is 0 Å².